The van der Waals surface area contributed by atoms with Gasteiger partial charge in [-0.1, -0.05) is 6.92 Å². The van der Waals surface area contributed by atoms with E-state index in [1.54, 1.807) is 6.92 Å². The Balaban J connectivity index is 2.66. The summed E-state index contributed by atoms with van der Waals surface area (Å²) in [5, 5.41) is 8.58. The second kappa shape index (κ2) is 6.13. The summed E-state index contributed by atoms with van der Waals surface area (Å²) < 4.78 is 10.3. The van der Waals surface area contributed by atoms with Crippen molar-refractivity contribution in [1.29, 1.82) is 0 Å². The molecule has 0 unspecified atom stereocenters. The number of aryl methyl sites for hydroxylation is 1. The summed E-state index contributed by atoms with van der Waals surface area (Å²) in [4.78, 5) is 11.9. The van der Waals surface area contributed by atoms with Crippen LogP contribution in [-0.4, -0.2) is 39.9 Å². The molecule has 84 valence electrons. The van der Waals surface area contributed by atoms with Gasteiger partial charge in [0.25, 0.3) is 0 Å². The summed E-state index contributed by atoms with van der Waals surface area (Å²) in [6.45, 7) is 4.37. The lowest BCUT2D eigenvalue weighted by molar-refractivity contribution is 0.187. The summed E-state index contributed by atoms with van der Waals surface area (Å²) in [5.41, 5.74) is 0. The van der Waals surface area contributed by atoms with Crippen LogP contribution in [0.1, 0.15) is 19.2 Å². The van der Waals surface area contributed by atoms with Gasteiger partial charge in [0.05, 0.1) is 13.2 Å². The van der Waals surface area contributed by atoms with Gasteiger partial charge in [-0.25, -0.2) is 0 Å². The Morgan fingerprint density at radius 1 is 1.07 bits per heavy atom. The molecular formula is C9H15N3O3. The third-order valence-corrected chi connectivity index (χ3v) is 1.46. The maximum atomic E-state index is 8.58. The molecule has 15 heavy (non-hydrogen) atoms. The molecule has 1 heterocycles. The van der Waals surface area contributed by atoms with Gasteiger partial charge in [0.15, 0.2) is 0 Å². The molecule has 1 aromatic rings. The van der Waals surface area contributed by atoms with Crippen molar-refractivity contribution in [2.75, 3.05) is 19.8 Å². The smallest absolute Gasteiger partial charge is 0.322 e. The van der Waals surface area contributed by atoms with Gasteiger partial charge in [-0.05, 0) is 13.3 Å². The van der Waals surface area contributed by atoms with Gasteiger partial charge >= 0.3 is 12.0 Å². The van der Waals surface area contributed by atoms with Gasteiger partial charge in [0.2, 0.25) is 0 Å². The molecule has 1 N–H and O–H groups in total. The van der Waals surface area contributed by atoms with Crippen molar-refractivity contribution in [3.8, 4) is 12.0 Å². The molecule has 0 bridgehead atoms. The first-order valence-corrected chi connectivity index (χ1v) is 4.85. The highest BCUT2D eigenvalue weighted by molar-refractivity contribution is 5.04. The second-order valence-corrected chi connectivity index (χ2v) is 2.87. The molecule has 1 rings (SSSR count). The van der Waals surface area contributed by atoms with Gasteiger partial charge in [-0.2, -0.15) is 9.97 Å². The first-order valence-electron chi connectivity index (χ1n) is 4.85. The van der Waals surface area contributed by atoms with Crippen molar-refractivity contribution >= 4 is 0 Å². The van der Waals surface area contributed by atoms with Crippen LogP contribution in [0.3, 0.4) is 0 Å². The Labute approximate surface area is 88.3 Å². The van der Waals surface area contributed by atoms with E-state index in [0.29, 0.717) is 12.4 Å². The molecule has 6 nitrogen and oxygen atoms in total. The van der Waals surface area contributed by atoms with Gasteiger partial charge in [-0.3, -0.25) is 0 Å². The Hall–Kier alpha value is -1.43. The third-order valence-electron chi connectivity index (χ3n) is 1.46. The van der Waals surface area contributed by atoms with Crippen molar-refractivity contribution in [3.05, 3.63) is 5.82 Å². The normalized spacial score (nSPS) is 10.1. The maximum absolute atomic E-state index is 8.58. The molecule has 0 fully saturated rings. The van der Waals surface area contributed by atoms with E-state index in [-0.39, 0.29) is 25.2 Å². The summed E-state index contributed by atoms with van der Waals surface area (Å²) in [7, 11) is 0. The predicted octanol–water partition coefficient (Wildman–Crippen LogP) is 0.340. The standard InChI is InChI=1S/C9H15N3O3/c1-3-5-14-8-10-7(2)11-9(12-8)15-6-4-13/h13H,3-6H2,1-2H3. The van der Waals surface area contributed by atoms with E-state index >= 15 is 0 Å². The van der Waals surface area contributed by atoms with E-state index in [2.05, 4.69) is 15.0 Å². The fourth-order valence-corrected chi connectivity index (χ4v) is 0.893. The van der Waals surface area contributed by atoms with Crippen LogP contribution in [0.25, 0.3) is 0 Å². The number of hydrogen-bond donors (Lipinski definition) is 1. The highest BCUT2D eigenvalue weighted by Gasteiger charge is 2.05. The molecule has 0 aliphatic carbocycles. The minimum Gasteiger partial charge on any atom is -0.463 e. The molecule has 0 radical (unpaired) electrons. The monoisotopic (exact) mass is 213 g/mol. The predicted molar refractivity (Wildman–Crippen MR) is 52.9 cm³/mol. The van der Waals surface area contributed by atoms with Crippen LogP contribution in [0.4, 0.5) is 0 Å². The molecule has 1 aromatic heterocycles. The van der Waals surface area contributed by atoms with Crippen molar-refractivity contribution in [1.82, 2.24) is 15.0 Å². The maximum Gasteiger partial charge on any atom is 0.322 e. The highest BCUT2D eigenvalue weighted by atomic mass is 16.5. The SMILES string of the molecule is CCCOc1nc(C)nc(OCCO)n1. The number of aromatic nitrogens is 3. The largest absolute Gasteiger partial charge is 0.463 e. The van der Waals surface area contributed by atoms with E-state index < -0.39 is 0 Å². The van der Waals surface area contributed by atoms with Crippen molar-refractivity contribution in [2.45, 2.75) is 20.3 Å². The van der Waals surface area contributed by atoms with E-state index in [4.69, 9.17) is 14.6 Å². The van der Waals surface area contributed by atoms with Crippen molar-refractivity contribution < 1.29 is 14.6 Å². The van der Waals surface area contributed by atoms with Crippen LogP contribution < -0.4 is 9.47 Å². The third kappa shape index (κ3) is 4.07. The zero-order valence-electron chi connectivity index (χ0n) is 8.93. The zero-order valence-corrected chi connectivity index (χ0v) is 8.93. The van der Waals surface area contributed by atoms with Crippen LogP contribution in [-0.2, 0) is 0 Å². The second-order valence-electron chi connectivity index (χ2n) is 2.87. The van der Waals surface area contributed by atoms with Crippen LogP contribution in [0, 0.1) is 6.92 Å². The first-order chi connectivity index (χ1) is 7.26. The van der Waals surface area contributed by atoms with Gasteiger partial charge < -0.3 is 14.6 Å². The van der Waals surface area contributed by atoms with Crippen LogP contribution in [0.5, 0.6) is 12.0 Å². The molecule has 0 aliphatic heterocycles. The Morgan fingerprint density at radius 3 is 2.20 bits per heavy atom. The average molecular weight is 213 g/mol. The molecule has 0 atom stereocenters. The zero-order chi connectivity index (χ0) is 11.1. The molecule has 0 aliphatic rings. The van der Waals surface area contributed by atoms with Gasteiger partial charge in [0.1, 0.15) is 12.4 Å². The molecule has 0 spiro atoms. The molecule has 0 saturated heterocycles. The number of nitrogens with zero attached hydrogens (tertiary/aromatic N) is 3. The lowest BCUT2D eigenvalue weighted by Gasteiger charge is -2.06. The molecule has 0 aromatic carbocycles. The summed E-state index contributed by atoms with van der Waals surface area (Å²) in [6, 6.07) is 0.444. The number of hydrogen-bond acceptors (Lipinski definition) is 6. The number of rotatable bonds is 6. The van der Waals surface area contributed by atoms with E-state index in [9.17, 15) is 0 Å². The fourth-order valence-electron chi connectivity index (χ4n) is 0.893. The summed E-state index contributed by atoms with van der Waals surface area (Å²) in [6.07, 6.45) is 0.886. The Kier molecular flexibility index (Phi) is 4.76. The van der Waals surface area contributed by atoms with Crippen LogP contribution in [0.15, 0.2) is 0 Å². The molecule has 6 heteroatoms. The number of aliphatic hydroxyl groups excluding tert-OH is 1. The lowest BCUT2D eigenvalue weighted by Crippen LogP contribution is -2.08. The van der Waals surface area contributed by atoms with Crippen molar-refractivity contribution in [2.24, 2.45) is 0 Å². The van der Waals surface area contributed by atoms with Crippen LogP contribution >= 0.6 is 0 Å². The first kappa shape index (κ1) is 11.6. The van der Waals surface area contributed by atoms with E-state index in [1.807, 2.05) is 6.92 Å². The summed E-state index contributed by atoms with van der Waals surface area (Å²) >= 11 is 0. The minimum absolute atomic E-state index is 0.0735. The topological polar surface area (TPSA) is 77.4 Å². The Morgan fingerprint density at radius 2 is 1.67 bits per heavy atom. The number of ether oxygens (including phenoxy) is 2. The van der Waals surface area contributed by atoms with E-state index in [1.165, 1.54) is 0 Å². The number of aliphatic hydroxyl groups is 1. The summed E-state index contributed by atoms with van der Waals surface area (Å²) in [5.74, 6) is 0.532. The van der Waals surface area contributed by atoms with Crippen molar-refractivity contribution in [3.63, 3.8) is 0 Å². The highest BCUT2D eigenvalue weighted by Crippen LogP contribution is 2.09. The molecular weight excluding hydrogens is 198 g/mol. The quantitative estimate of drug-likeness (QED) is 0.734. The Bertz CT molecular complexity index is 280. The lowest BCUT2D eigenvalue weighted by atomic mass is 10.5. The van der Waals surface area contributed by atoms with E-state index in [0.717, 1.165) is 6.42 Å². The molecule has 0 saturated carbocycles. The van der Waals surface area contributed by atoms with Crippen LogP contribution in [0.2, 0.25) is 0 Å². The minimum atomic E-state index is -0.0735. The fraction of sp³-hybridized carbons (Fsp3) is 0.667. The molecule has 0 amide bonds. The average Bonchev–Trinajstić information content (AvgIpc) is 2.23. The van der Waals surface area contributed by atoms with Gasteiger partial charge in [0, 0.05) is 0 Å². The van der Waals surface area contributed by atoms with Gasteiger partial charge in [-0.15, -0.1) is 4.98 Å².